The second-order valence-electron chi connectivity index (χ2n) is 3.24. The van der Waals surface area contributed by atoms with Crippen molar-refractivity contribution in [1.29, 1.82) is 0 Å². The van der Waals surface area contributed by atoms with Crippen LogP contribution in [0, 0.1) is 0 Å². The summed E-state index contributed by atoms with van der Waals surface area (Å²) in [6.45, 7) is 4.25. The van der Waals surface area contributed by atoms with Gasteiger partial charge in [0, 0.05) is 6.04 Å². The van der Waals surface area contributed by atoms with Gasteiger partial charge in [-0.3, -0.25) is 0 Å². The molecule has 1 aromatic heterocycles. The van der Waals surface area contributed by atoms with Crippen molar-refractivity contribution in [2.24, 2.45) is 0 Å². The van der Waals surface area contributed by atoms with Crippen molar-refractivity contribution in [2.75, 3.05) is 5.32 Å². The van der Waals surface area contributed by atoms with E-state index in [1.807, 2.05) is 0 Å². The van der Waals surface area contributed by atoms with E-state index in [0.29, 0.717) is 12.0 Å². The van der Waals surface area contributed by atoms with Gasteiger partial charge in [-0.1, -0.05) is 20.3 Å². The van der Waals surface area contributed by atoms with E-state index < -0.39 is 0 Å². The summed E-state index contributed by atoms with van der Waals surface area (Å²) in [6, 6.07) is 0.351. The van der Waals surface area contributed by atoms with Gasteiger partial charge < -0.3 is 5.32 Å². The maximum absolute atomic E-state index is 5.67. The molecule has 1 N–H and O–H groups in total. The molecule has 0 radical (unpaired) electrons. The van der Waals surface area contributed by atoms with E-state index in [-0.39, 0.29) is 10.6 Å². The Bertz CT molecular complexity index is 299. The van der Waals surface area contributed by atoms with E-state index in [4.69, 9.17) is 23.2 Å². The minimum atomic E-state index is 0.115. The number of hydrogen-bond acceptors (Lipinski definition) is 4. The lowest BCUT2D eigenvalue weighted by Crippen LogP contribution is -2.20. The van der Waals surface area contributed by atoms with Crippen LogP contribution >= 0.6 is 23.2 Å². The van der Waals surface area contributed by atoms with Crippen LogP contribution in [0.3, 0.4) is 0 Å². The molecule has 1 atom stereocenters. The summed E-state index contributed by atoms with van der Waals surface area (Å²) in [5, 5.41) is 3.41. The SMILES string of the molecule is CCCC(CC)Nc1nc(Cl)nc(Cl)n1. The lowest BCUT2D eigenvalue weighted by Gasteiger charge is -2.15. The molecule has 1 aromatic rings. The van der Waals surface area contributed by atoms with E-state index >= 15 is 0 Å². The Morgan fingerprint density at radius 1 is 1.13 bits per heavy atom. The standard InChI is InChI=1S/C9H14Cl2N4/c1-3-5-6(4-2)12-9-14-7(10)13-8(11)15-9/h6H,3-5H2,1-2H3,(H,12,13,14,15). The number of rotatable bonds is 5. The highest BCUT2D eigenvalue weighted by molar-refractivity contribution is 6.31. The molecule has 15 heavy (non-hydrogen) atoms. The number of anilines is 1. The van der Waals surface area contributed by atoms with E-state index in [2.05, 4.69) is 34.1 Å². The zero-order valence-electron chi connectivity index (χ0n) is 8.80. The second kappa shape index (κ2) is 6.08. The molecule has 4 nitrogen and oxygen atoms in total. The minimum Gasteiger partial charge on any atom is -0.351 e. The summed E-state index contributed by atoms with van der Waals surface area (Å²) in [4.78, 5) is 11.6. The minimum absolute atomic E-state index is 0.115. The van der Waals surface area contributed by atoms with Gasteiger partial charge in [-0.25, -0.2) is 0 Å². The summed E-state index contributed by atoms with van der Waals surface area (Å²) < 4.78 is 0. The first-order chi connectivity index (χ1) is 7.15. The molecule has 0 bridgehead atoms. The normalized spacial score (nSPS) is 12.5. The molecule has 0 fully saturated rings. The molecular weight excluding hydrogens is 235 g/mol. The summed E-state index contributed by atoms with van der Waals surface area (Å²) in [7, 11) is 0. The quantitative estimate of drug-likeness (QED) is 0.870. The summed E-state index contributed by atoms with van der Waals surface area (Å²) in [6.07, 6.45) is 3.18. The van der Waals surface area contributed by atoms with Gasteiger partial charge in [0.25, 0.3) is 0 Å². The number of nitrogens with one attached hydrogen (secondary N) is 1. The third-order valence-electron chi connectivity index (χ3n) is 2.04. The topological polar surface area (TPSA) is 50.7 Å². The zero-order chi connectivity index (χ0) is 11.3. The van der Waals surface area contributed by atoms with Gasteiger partial charge in [-0.2, -0.15) is 15.0 Å². The highest BCUT2D eigenvalue weighted by atomic mass is 35.5. The number of hydrogen-bond donors (Lipinski definition) is 1. The molecule has 1 rings (SSSR count). The molecule has 0 aromatic carbocycles. The summed E-state index contributed by atoms with van der Waals surface area (Å²) >= 11 is 11.3. The van der Waals surface area contributed by atoms with Crippen molar-refractivity contribution in [3.05, 3.63) is 10.6 Å². The molecule has 0 spiro atoms. The molecule has 0 saturated heterocycles. The van der Waals surface area contributed by atoms with Crippen LogP contribution in [0.1, 0.15) is 33.1 Å². The zero-order valence-corrected chi connectivity index (χ0v) is 10.3. The van der Waals surface area contributed by atoms with Crippen molar-refractivity contribution in [3.8, 4) is 0 Å². The predicted octanol–water partition coefficient (Wildman–Crippen LogP) is 3.17. The molecule has 84 valence electrons. The van der Waals surface area contributed by atoms with Crippen LogP contribution in [0.2, 0.25) is 10.6 Å². The second-order valence-corrected chi connectivity index (χ2v) is 3.91. The summed E-state index contributed by atoms with van der Waals surface area (Å²) in [5.74, 6) is 0.445. The summed E-state index contributed by atoms with van der Waals surface area (Å²) in [5.41, 5.74) is 0. The van der Waals surface area contributed by atoms with Crippen LogP contribution in [-0.4, -0.2) is 21.0 Å². The Morgan fingerprint density at radius 2 is 1.73 bits per heavy atom. The molecular formula is C9H14Cl2N4. The molecule has 1 heterocycles. The molecule has 0 amide bonds. The fraction of sp³-hybridized carbons (Fsp3) is 0.667. The van der Waals surface area contributed by atoms with Crippen molar-refractivity contribution in [1.82, 2.24) is 15.0 Å². The monoisotopic (exact) mass is 248 g/mol. The van der Waals surface area contributed by atoms with Crippen LogP contribution in [0.5, 0.6) is 0 Å². The maximum Gasteiger partial charge on any atom is 0.228 e. The van der Waals surface area contributed by atoms with Crippen LogP contribution in [0.25, 0.3) is 0 Å². The highest BCUT2D eigenvalue weighted by Gasteiger charge is 2.08. The molecule has 0 aliphatic heterocycles. The number of halogens is 2. The van der Waals surface area contributed by atoms with E-state index in [1.54, 1.807) is 0 Å². The maximum atomic E-state index is 5.67. The smallest absolute Gasteiger partial charge is 0.228 e. The Balaban J connectivity index is 2.69. The van der Waals surface area contributed by atoms with E-state index in [9.17, 15) is 0 Å². The molecule has 0 aliphatic rings. The molecule has 0 saturated carbocycles. The van der Waals surface area contributed by atoms with Crippen LogP contribution in [0.15, 0.2) is 0 Å². The van der Waals surface area contributed by atoms with Crippen LogP contribution < -0.4 is 5.32 Å². The number of nitrogens with zero attached hydrogens (tertiary/aromatic N) is 3. The van der Waals surface area contributed by atoms with E-state index in [1.165, 1.54) is 0 Å². The van der Waals surface area contributed by atoms with Crippen molar-refractivity contribution < 1.29 is 0 Å². The largest absolute Gasteiger partial charge is 0.351 e. The number of aromatic nitrogens is 3. The first-order valence-corrected chi connectivity index (χ1v) is 5.74. The van der Waals surface area contributed by atoms with Gasteiger partial charge in [0.15, 0.2) is 0 Å². The first-order valence-electron chi connectivity index (χ1n) is 4.99. The van der Waals surface area contributed by atoms with Crippen LogP contribution in [0.4, 0.5) is 5.95 Å². The Kier molecular flexibility index (Phi) is 5.05. The van der Waals surface area contributed by atoms with Crippen LogP contribution in [-0.2, 0) is 0 Å². The fourth-order valence-corrected chi connectivity index (χ4v) is 1.66. The third kappa shape index (κ3) is 4.18. The van der Waals surface area contributed by atoms with Gasteiger partial charge in [0.05, 0.1) is 0 Å². The lowest BCUT2D eigenvalue weighted by molar-refractivity contribution is 0.617. The van der Waals surface area contributed by atoms with Gasteiger partial charge in [-0.05, 0) is 36.0 Å². The predicted molar refractivity (Wildman–Crippen MR) is 62.5 cm³/mol. The van der Waals surface area contributed by atoms with E-state index in [0.717, 1.165) is 19.3 Å². The van der Waals surface area contributed by atoms with Gasteiger partial charge in [-0.15, -0.1) is 0 Å². The van der Waals surface area contributed by atoms with Crippen molar-refractivity contribution in [3.63, 3.8) is 0 Å². The fourth-order valence-electron chi connectivity index (χ4n) is 1.30. The van der Waals surface area contributed by atoms with Crippen molar-refractivity contribution in [2.45, 2.75) is 39.2 Å². The highest BCUT2D eigenvalue weighted by Crippen LogP contribution is 2.13. The average Bonchev–Trinajstić information content (AvgIpc) is 2.15. The van der Waals surface area contributed by atoms with Crippen molar-refractivity contribution >= 4 is 29.2 Å². The Hall–Kier alpha value is -0.610. The Morgan fingerprint density at radius 3 is 2.20 bits per heavy atom. The average molecular weight is 249 g/mol. The van der Waals surface area contributed by atoms with Gasteiger partial charge in [0.2, 0.25) is 16.5 Å². The molecule has 1 unspecified atom stereocenters. The molecule has 6 heteroatoms. The lowest BCUT2D eigenvalue weighted by atomic mass is 10.1. The third-order valence-corrected chi connectivity index (χ3v) is 2.38. The molecule has 0 aliphatic carbocycles. The van der Waals surface area contributed by atoms with Gasteiger partial charge >= 0.3 is 0 Å². The Labute approximate surface area is 99.4 Å². The van der Waals surface area contributed by atoms with Gasteiger partial charge in [0.1, 0.15) is 0 Å². The first kappa shape index (κ1) is 12.5.